The number of hydrogen-bond donors (Lipinski definition) is 2. The van der Waals surface area contributed by atoms with Gasteiger partial charge in [-0.3, -0.25) is 9.79 Å². The number of phosphoric acid groups is 1. The van der Waals surface area contributed by atoms with Crippen molar-refractivity contribution in [1.29, 1.82) is 0 Å². The lowest BCUT2D eigenvalue weighted by atomic mass is 9.85. The fourth-order valence-electron chi connectivity index (χ4n) is 3.46. The Morgan fingerprint density at radius 3 is 1.48 bits per heavy atom. The quantitative estimate of drug-likeness (QED) is 0.427. The van der Waals surface area contributed by atoms with E-state index < -0.39 is 7.82 Å². The molecule has 0 fully saturated rings. The minimum Gasteiger partial charge on any atom is -0.404 e. The van der Waals surface area contributed by atoms with Crippen LogP contribution < -0.4 is 4.52 Å². The highest BCUT2D eigenvalue weighted by Gasteiger charge is 2.21. The Morgan fingerprint density at radius 1 is 0.645 bits per heavy atom. The molecule has 0 spiro atoms. The van der Waals surface area contributed by atoms with Gasteiger partial charge >= 0.3 is 7.82 Å². The van der Waals surface area contributed by atoms with E-state index in [2.05, 4.69) is 65.8 Å². The second kappa shape index (κ2) is 8.27. The molecule has 4 nitrogen and oxygen atoms in total. The molecule has 0 bridgehead atoms. The van der Waals surface area contributed by atoms with Gasteiger partial charge in [0.1, 0.15) is 5.75 Å². The van der Waals surface area contributed by atoms with Gasteiger partial charge in [-0.25, -0.2) is 4.57 Å². The Balaban J connectivity index is 2.08. The van der Waals surface area contributed by atoms with Gasteiger partial charge in [0.2, 0.25) is 0 Å². The van der Waals surface area contributed by atoms with Crippen molar-refractivity contribution in [2.24, 2.45) is 0 Å². The van der Waals surface area contributed by atoms with Crippen molar-refractivity contribution in [3.05, 3.63) is 77.9 Å². The second-order valence-corrected chi connectivity index (χ2v) is 11.1. The van der Waals surface area contributed by atoms with Crippen LogP contribution >= 0.6 is 7.82 Å². The molecule has 3 aromatic carbocycles. The van der Waals surface area contributed by atoms with Crippen LogP contribution in [-0.4, -0.2) is 9.79 Å². The average Bonchev–Trinajstić information content (AvgIpc) is 2.66. The third-order valence-corrected chi connectivity index (χ3v) is 5.78. The van der Waals surface area contributed by atoms with Crippen LogP contribution in [0, 0.1) is 0 Å². The lowest BCUT2D eigenvalue weighted by Gasteiger charge is -2.20. The Bertz CT molecular complexity index is 1100. The number of hydrogen-bond acceptors (Lipinski definition) is 2. The molecular weight excluding hydrogens is 407 g/mol. The maximum absolute atomic E-state index is 11.5. The van der Waals surface area contributed by atoms with Gasteiger partial charge in [-0.05, 0) is 50.8 Å². The zero-order valence-corrected chi connectivity index (χ0v) is 19.9. The summed E-state index contributed by atoms with van der Waals surface area (Å²) in [5.74, 6) is 0.159. The smallest absolute Gasteiger partial charge is 0.404 e. The summed E-state index contributed by atoms with van der Waals surface area (Å²) in [7, 11) is -4.68. The molecule has 0 aliphatic carbocycles. The van der Waals surface area contributed by atoms with Crippen molar-refractivity contribution in [2.75, 3.05) is 0 Å². The summed E-state index contributed by atoms with van der Waals surface area (Å²) in [6, 6.07) is 21.8. The summed E-state index contributed by atoms with van der Waals surface area (Å²) in [6.45, 7) is 13.0. The molecule has 3 aromatic rings. The zero-order chi connectivity index (χ0) is 23.0. The lowest BCUT2D eigenvalue weighted by Crippen LogP contribution is -2.10. The normalized spacial score (nSPS) is 12.6. The number of phosphoric ester groups is 1. The van der Waals surface area contributed by atoms with Gasteiger partial charge in [0.25, 0.3) is 0 Å². The summed E-state index contributed by atoms with van der Waals surface area (Å²) < 4.78 is 16.5. The SMILES string of the molecule is CC(C)(C)c1ccc(-c2ccc(OP(=O)(O)O)c(-c3ccc(C(C)(C)C)cc3)c2)cc1. The first-order valence-corrected chi connectivity index (χ1v) is 11.9. The zero-order valence-electron chi connectivity index (χ0n) is 19.0. The fourth-order valence-corrected chi connectivity index (χ4v) is 3.87. The van der Waals surface area contributed by atoms with E-state index in [1.54, 1.807) is 6.07 Å². The van der Waals surface area contributed by atoms with Crippen molar-refractivity contribution < 1.29 is 18.9 Å². The van der Waals surface area contributed by atoms with Crippen molar-refractivity contribution in [3.8, 4) is 28.0 Å². The highest BCUT2D eigenvalue weighted by Crippen LogP contribution is 2.44. The third-order valence-electron chi connectivity index (χ3n) is 5.34. The first-order valence-electron chi connectivity index (χ1n) is 10.4. The van der Waals surface area contributed by atoms with E-state index in [0.717, 1.165) is 16.7 Å². The Hall–Kier alpha value is -2.39. The van der Waals surface area contributed by atoms with Crippen molar-refractivity contribution in [3.63, 3.8) is 0 Å². The number of benzene rings is 3. The monoisotopic (exact) mass is 438 g/mol. The first-order chi connectivity index (χ1) is 14.2. The topological polar surface area (TPSA) is 66.8 Å². The maximum Gasteiger partial charge on any atom is 0.524 e. The number of rotatable bonds is 4. The van der Waals surface area contributed by atoms with Crippen LogP contribution in [0.25, 0.3) is 22.3 Å². The highest BCUT2D eigenvalue weighted by molar-refractivity contribution is 7.46. The minimum atomic E-state index is -4.68. The van der Waals surface area contributed by atoms with E-state index in [-0.39, 0.29) is 16.6 Å². The Labute approximate surface area is 185 Å². The highest BCUT2D eigenvalue weighted by atomic mass is 31.2. The van der Waals surface area contributed by atoms with E-state index in [4.69, 9.17) is 4.52 Å². The van der Waals surface area contributed by atoms with Crippen LogP contribution in [0.15, 0.2) is 66.7 Å². The molecule has 0 saturated heterocycles. The fraction of sp³-hybridized carbons (Fsp3) is 0.308. The van der Waals surface area contributed by atoms with Gasteiger partial charge in [-0.15, -0.1) is 0 Å². The van der Waals surface area contributed by atoms with Crippen molar-refractivity contribution in [1.82, 2.24) is 0 Å². The van der Waals surface area contributed by atoms with E-state index in [9.17, 15) is 14.4 Å². The molecule has 5 heteroatoms. The van der Waals surface area contributed by atoms with E-state index in [1.807, 2.05) is 36.4 Å². The summed E-state index contributed by atoms with van der Waals surface area (Å²) in [5.41, 5.74) is 5.97. The standard InChI is InChI=1S/C26H31O4P/c1-25(2,3)21-12-7-18(8-13-21)20-11-16-24(30-31(27,28)29)23(17-20)19-9-14-22(15-10-19)26(4,5)6/h7-17H,1-6H3,(H2,27,28,29). The van der Waals surface area contributed by atoms with Crippen LogP contribution in [0.2, 0.25) is 0 Å². The first kappa shape index (κ1) is 23.3. The molecule has 0 unspecified atom stereocenters. The Morgan fingerprint density at radius 2 is 1.06 bits per heavy atom. The van der Waals surface area contributed by atoms with Gasteiger partial charge in [0.05, 0.1) is 0 Å². The molecule has 0 saturated carbocycles. The molecule has 2 N–H and O–H groups in total. The van der Waals surface area contributed by atoms with Gasteiger partial charge in [0.15, 0.2) is 0 Å². The molecule has 3 rings (SSSR count). The summed E-state index contributed by atoms with van der Waals surface area (Å²) in [5, 5.41) is 0. The van der Waals surface area contributed by atoms with Gasteiger partial charge < -0.3 is 4.52 Å². The minimum absolute atomic E-state index is 0.0143. The van der Waals surface area contributed by atoms with E-state index in [1.165, 1.54) is 11.1 Å². The molecule has 0 aromatic heterocycles. The second-order valence-electron chi connectivity index (χ2n) is 9.95. The van der Waals surface area contributed by atoms with Gasteiger partial charge in [0, 0.05) is 5.56 Å². The predicted octanol–water partition coefficient (Wildman–Crippen LogP) is 7.09. The third kappa shape index (κ3) is 5.86. The molecular formula is C26H31O4P. The molecule has 164 valence electrons. The van der Waals surface area contributed by atoms with Crippen LogP contribution in [-0.2, 0) is 15.4 Å². The molecule has 0 heterocycles. The molecule has 0 radical (unpaired) electrons. The van der Waals surface area contributed by atoms with Gasteiger partial charge in [-0.1, -0.05) is 96.1 Å². The van der Waals surface area contributed by atoms with Crippen LogP contribution in [0.1, 0.15) is 52.7 Å². The maximum atomic E-state index is 11.5. The molecule has 0 aliphatic rings. The molecule has 0 atom stereocenters. The Kier molecular flexibility index (Phi) is 6.21. The molecule has 0 aliphatic heterocycles. The van der Waals surface area contributed by atoms with E-state index in [0.29, 0.717) is 5.56 Å². The average molecular weight is 439 g/mol. The summed E-state index contributed by atoms with van der Waals surface area (Å²) in [4.78, 5) is 18.8. The van der Waals surface area contributed by atoms with Crippen molar-refractivity contribution in [2.45, 2.75) is 52.4 Å². The predicted molar refractivity (Wildman–Crippen MR) is 127 cm³/mol. The lowest BCUT2D eigenvalue weighted by molar-refractivity contribution is 0.283. The summed E-state index contributed by atoms with van der Waals surface area (Å²) in [6.07, 6.45) is 0. The van der Waals surface area contributed by atoms with E-state index >= 15 is 0 Å². The van der Waals surface area contributed by atoms with Crippen molar-refractivity contribution >= 4 is 7.82 Å². The largest absolute Gasteiger partial charge is 0.524 e. The molecule has 31 heavy (non-hydrogen) atoms. The van der Waals surface area contributed by atoms with Crippen LogP contribution in [0.3, 0.4) is 0 Å². The van der Waals surface area contributed by atoms with Crippen LogP contribution in [0.4, 0.5) is 0 Å². The summed E-state index contributed by atoms with van der Waals surface area (Å²) >= 11 is 0. The van der Waals surface area contributed by atoms with Gasteiger partial charge in [-0.2, -0.15) is 0 Å². The molecule has 0 amide bonds. The van der Waals surface area contributed by atoms with Crippen LogP contribution in [0.5, 0.6) is 5.75 Å².